The first-order chi connectivity index (χ1) is 15.9. The molecule has 0 spiro atoms. The number of fused-ring (bicyclic) bond motifs is 2. The fourth-order valence-corrected chi connectivity index (χ4v) is 4.95. The van der Waals surface area contributed by atoms with E-state index in [0.29, 0.717) is 32.6 Å². The third-order valence-electron chi connectivity index (χ3n) is 4.78. The van der Waals surface area contributed by atoms with Gasteiger partial charge in [-0.1, -0.05) is 47.5 Å². The van der Waals surface area contributed by atoms with Crippen LogP contribution in [0.4, 0.5) is 0 Å². The van der Waals surface area contributed by atoms with E-state index in [4.69, 9.17) is 36.3 Å². The van der Waals surface area contributed by atoms with Crippen LogP contribution < -0.4 is 17.3 Å². The smallest absolute Gasteiger partial charge is 0.494 e. The predicted octanol–water partition coefficient (Wildman–Crippen LogP) is 4.83. The van der Waals surface area contributed by atoms with E-state index in [1.165, 1.54) is 31.5 Å². The van der Waals surface area contributed by atoms with Gasteiger partial charge in [0.1, 0.15) is 5.75 Å². The number of nitrogens with one attached hydrogen (secondary N) is 1. The Kier molecular flexibility index (Phi) is 6.21. The molecule has 0 amide bonds. The summed E-state index contributed by atoms with van der Waals surface area (Å²) in [5.74, 6) is -1.04. The molecule has 0 saturated heterocycles. The SMILES string of the molecule is COc1cc(Cl)c(C)c2c(OS(=O)(=O)Oc3cc(Cl)c4ccccc4c3OS(=O)(=O)O)c[nH]c12. The van der Waals surface area contributed by atoms with Gasteiger partial charge >= 0.3 is 20.8 Å². The number of hydrogen-bond acceptors (Lipinski definition) is 8. The van der Waals surface area contributed by atoms with Crippen LogP contribution >= 0.6 is 23.2 Å². The fraction of sp³-hybridized carbons (Fsp3) is 0.100. The summed E-state index contributed by atoms with van der Waals surface area (Å²) in [6.07, 6.45) is 1.26. The Morgan fingerprint density at radius 2 is 1.50 bits per heavy atom. The maximum atomic E-state index is 12.8. The summed E-state index contributed by atoms with van der Waals surface area (Å²) in [4.78, 5) is 2.85. The topological polar surface area (TPSA) is 141 Å². The number of methoxy groups -OCH3 is 1. The molecular weight excluding hydrogens is 533 g/mol. The molecule has 1 heterocycles. The van der Waals surface area contributed by atoms with Gasteiger partial charge in [-0.05, 0) is 12.5 Å². The molecule has 0 aliphatic heterocycles. The minimum absolute atomic E-state index is 0.0305. The summed E-state index contributed by atoms with van der Waals surface area (Å²) in [6, 6.07) is 8.65. The van der Waals surface area contributed by atoms with E-state index in [0.717, 1.165) is 6.07 Å². The van der Waals surface area contributed by atoms with Crippen molar-refractivity contribution < 1.29 is 38.7 Å². The zero-order valence-corrected chi connectivity index (χ0v) is 20.5. The number of halogens is 2. The maximum absolute atomic E-state index is 12.8. The Morgan fingerprint density at radius 3 is 2.15 bits per heavy atom. The highest BCUT2D eigenvalue weighted by molar-refractivity contribution is 7.82. The molecule has 0 saturated carbocycles. The lowest BCUT2D eigenvalue weighted by Crippen LogP contribution is -2.18. The molecule has 34 heavy (non-hydrogen) atoms. The number of hydrogen-bond donors (Lipinski definition) is 2. The Hall–Kier alpha value is -2.90. The van der Waals surface area contributed by atoms with Gasteiger partial charge in [0.2, 0.25) is 0 Å². The van der Waals surface area contributed by atoms with E-state index in [9.17, 15) is 21.4 Å². The zero-order chi connectivity index (χ0) is 24.8. The van der Waals surface area contributed by atoms with E-state index in [1.54, 1.807) is 19.1 Å². The summed E-state index contributed by atoms with van der Waals surface area (Å²) in [6.45, 7) is 1.65. The van der Waals surface area contributed by atoms with Gasteiger partial charge in [0.25, 0.3) is 0 Å². The largest absolute Gasteiger partial charge is 0.501 e. The van der Waals surface area contributed by atoms with Gasteiger partial charge in [0.05, 0.1) is 23.0 Å². The molecule has 1 aromatic heterocycles. The summed E-state index contributed by atoms with van der Waals surface area (Å²) in [5.41, 5.74) is 0.937. The van der Waals surface area contributed by atoms with Crippen molar-refractivity contribution in [2.24, 2.45) is 0 Å². The van der Waals surface area contributed by atoms with Crippen molar-refractivity contribution in [1.29, 1.82) is 0 Å². The fourth-order valence-electron chi connectivity index (χ4n) is 3.38. The molecule has 0 fully saturated rings. The lowest BCUT2D eigenvalue weighted by molar-refractivity contribution is 0.366. The first-order valence-electron chi connectivity index (χ1n) is 9.26. The van der Waals surface area contributed by atoms with Gasteiger partial charge in [-0.15, -0.1) is 8.42 Å². The van der Waals surface area contributed by atoms with Gasteiger partial charge < -0.3 is 22.3 Å². The van der Waals surface area contributed by atoms with Crippen LogP contribution in [0.2, 0.25) is 10.0 Å². The van der Waals surface area contributed by atoms with Gasteiger partial charge in [0.15, 0.2) is 17.2 Å². The summed E-state index contributed by atoms with van der Waals surface area (Å²) >= 11 is 12.4. The molecule has 4 aromatic rings. The van der Waals surface area contributed by atoms with Crippen LogP contribution in [0.1, 0.15) is 5.56 Å². The van der Waals surface area contributed by atoms with Gasteiger partial charge in [0, 0.05) is 34.1 Å². The molecular formula is C20H15Cl2NO9S2. The molecule has 180 valence electrons. The number of aryl methyl sites for hydroxylation is 1. The molecule has 0 aliphatic carbocycles. The lowest BCUT2D eigenvalue weighted by Gasteiger charge is -2.14. The Morgan fingerprint density at radius 1 is 0.882 bits per heavy atom. The predicted molar refractivity (Wildman–Crippen MR) is 126 cm³/mol. The van der Waals surface area contributed by atoms with Crippen molar-refractivity contribution in [2.75, 3.05) is 7.11 Å². The first-order valence-corrected chi connectivity index (χ1v) is 12.7. The standard InChI is InChI=1S/C20H15Cl2NO9S2/c1-10-13(21)7-15(29-2)19-18(10)17(9-23-19)31-34(27,28)30-16-8-14(22)11-5-3-4-6-12(11)20(16)32-33(24,25)26/h3-9,23H,1-2H3,(H,24,25,26). The molecule has 0 radical (unpaired) electrons. The van der Waals surface area contributed by atoms with E-state index < -0.39 is 32.3 Å². The highest BCUT2D eigenvalue weighted by Crippen LogP contribution is 2.43. The number of rotatable bonds is 7. The van der Waals surface area contributed by atoms with E-state index in [-0.39, 0.29) is 16.2 Å². The quantitative estimate of drug-likeness (QED) is 0.311. The van der Waals surface area contributed by atoms with Crippen molar-refractivity contribution in [3.8, 4) is 23.0 Å². The van der Waals surface area contributed by atoms with Crippen LogP contribution in [0.15, 0.2) is 42.6 Å². The van der Waals surface area contributed by atoms with Crippen molar-refractivity contribution in [3.63, 3.8) is 0 Å². The molecule has 2 N–H and O–H groups in total. The van der Waals surface area contributed by atoms with Crippen molar-refractivity contribution >= 4 is 65.7 Å². The molecule has 3 aromatic carbocycles. The number of H-pyrrole nitrogens is 1. The number of ether oxygens (including phenoxy) is 1. The number of aromatic amines is 1. The second-order valence-corrected chi connectivity index (χ2v) is 9.89. The average molecular weight is 548 g/mol. The molecule has 10 nitrogen and oxygen atoms in total. The summed E-state index contributed by atoms with van der Waals surface area (Å²) < 4.78 is 77.6. The molecule has 0 bridgehead atoms. The normalized spacial score (nSPS) is 12.1. The van der Waals surface area contributed by atoms with Crippen LogP contribution in [0.25, 0.3) is 21.7 Å². The highest BCUT2D eigenvalue weighted by atomic mass is 35.5. The highest BCUT2D eigenvalue weighted by Gasteiger charge is 2.26. The van der Waals surface area contributed by atoms with Crippen LogP contribution in [0.5, 0.6) is 23.0 Å². The zero-order valence-electron chi connectivity index (χ0n) is 17.3. The van der Waals surface area contributed by atoms with Gasteiger partial charge in [-0.3, -0.25) is 4.55 Å². The second-order valence-electron chi connectivity index (χ2n) is 6.91. The van der Waals surface area contributed by atoms with E-state index in [2.05, 4.69) is 9.17 Å². The Labute approximate surface area is 204 Å². The lowest BCUT2D eigenvalue weighted by atomic mass is 10.1. The second kappa shape index (κ2) is 8.71. The molecule has 14 heteroatoms. The monoisotopic (exact) mass is 547 g/mol. The van der Waals surface area contributed by atoms with Gasteiger partial charge in [-0.25, -0.2) is 0 Å². The summed E-state index contributed by atoms with van der Waals surface area (Å²) in [7, 11) is -8.51. The number of benzene rings is 3. The molecule has 4 rings (SSSR count). The van der Waals surface area contributed by atoms with Crippen LogP contribution in [0.3, 0.4) is 0 Å². The van der Waals surface area contributed by atoms with Crippen LogP contribution in [-0.4, -0.2) is 33.5 Å². The van der Waals surface area contributed by atoms with Crippen LogP contribution in [0, 0.1) is 6.92 Å². The first kappa shape index (κ1) is 24.2. The minimum atomic E-state index is -5.05. The van der Waals surface area contributed by atoms with Crippen molar-refractivity contribution in [2.45, 2.75) is 6.92 Å². The molecule has 0 atom stereocenters. The summed E-state index contributed by atoms with van der Waals surface area (Å²) in [5, 5.41) is 1.04. The third-order valence-corrected chi connectivity index (χ3v) is 6.63. The number of aromatic nitrogens is 1. The van der Waals surface area contributed by atoms with Gasteiger partial charge in [-0.2, -0.15) is 8.42 Å². The van der Waals surface area contributed by atoms with Crippen molar-refractivity contribution in [3.05, 3.63) is 58.2 Å². The van der Waals surface area contributed by atoms with E-state index >= 15 is 0 Å². The molecule has 0 unspecified atom stereocenters. The minimum Gasteiger partial charge on any atom is -0.494 e. The van der Waals surface area contributed by atoms with Crippen LogP contribution in [-0.2, 0) is 20.8 Å². The maximum Gasteiger partial charge on any atom is 0.501 e. The third kappa shape index (κ3) is 4.68. The Balaban J connectivity index is 1.80. The molecule has 0 aliphatic rings. The Bertz CT molecular complexity index is 1650. The van der Waals surface area contributed by atoms with Crippen molar-refractivity contribution in [1.82, 2.24) is 4.98 Å². The average Bonchev–Trinajstić information content (AvgIpc) is 3.15. The van der Waals surface area contributed by atoms with E-state index in [1.807, 2.05) is 0 Å².